The van der Waals surface area contributed by atoms with Gasteiger partial charge in [-0.05, 0) is 0 Å². The minimum absolute atomic E-state index is 0.329. The second kappa shape index (κ2) is 4.64. The first-order chi connectivity index (χ1) is 6.23. The van der Waals surface area contributed by atoms with Gasteiger partial charge in [0.2, 0.25) is 0 Å². The molecule has 0 aliphatic heterocycles. The fraction of sp³-hybridized carbons (Fsp3) is 0.333. The summed E-state index contributed by atoms with van der Waals surface area (Å²) in [4.78, 5) is 0. The number of hydrogen-bond acceptors (Lipinski definition) is 0. The summed E-state index contributed by atoms with van der Waals surface area (Å²) in [6.45, 7) is 6.15. The molecule has 1 rings (SSSR count). The summed E-state index contributed by atoms with van der Waals surface area (Å²) in [5.74, 6) is 2.30. The Morgan fingerprint density at radius 1 is 1.38 bits per heavy atom. The topological polar surface area (TPSA) is 0 Å². The molecule has 0 bridgehead atoms. The van der Waals surface area contributed by atoms with Crippen molar-refractivity contribution < 1.29 is 0 Å². The summed E-state index contributed by atoms with van der Waals surface area (Å²) >= 11 is 0.614. The summed E-state index contributed by atoms with van der Waals surface area (Å²) in [6, 6.07) is 10.7. The van der Waals surface area contributed by atoms with E-state index in [2.05, 4.69) is 49.7 Å². The zero-order valence-electron chi connectivity index (χ0n) is 8.29. The Labute approximate surface area is 87.2 Å². The Balaban J connectivity index is 2.95. The van der Waals surface area contributed by atoms with Gasteiger partial charge in [-0.25, -0.2) is 0 Å². The van der Waals surface area contributed by atoms with Crippen LogP contribution in [-0.2, 0) is 4.31 Å². The molecule has 13 heavy (non-hydrogen) atoms. The number of benzene rings is 1. The molecule has 0 radical (unpaired) electrons. The molecule has 0 saturated carbocycles. The van der Waals surface area contributed by atoms with Crippen LogP contribution < -0.4 is 0 Å². The van der Waals surface area contributed by atoms with Crippen molar-refractivity contribution in [1.29, 1.82) is 0 Å². The molecular weight excluding hydrogens is 223 g/mol. The van der Waals surface area contributed by atoms with Gasteiger partial charge in [0.05, 0.1) is 0 Å². The Kier molecular flexibility index (Phi) is 3.77. The molecule has 0 spiro atoms. The summed E-state index contributed by atoms with van der Waals surface area (Å²) < 4.78 is 0.329. The van der Waals surface area contributed by atoms with E-state index in [1.165, 1.54) is 5.56 Å². The van der Waals surface area contributed by atoms with Crippen molar-refractivity contribution in [3.05, 3.63) is 48.6 Å². The van der Waals surface area contributed by atoms with E-state index >= 15 is 0 Å². The average Bonchev–Trinajstić information content (AvgIpc) is 2.19. The number of allylic oxidation sites excluding steroid dienone is 1. The molecule has 0 nitrogen and oxygen atoms in total. The first kappa shape index (κ1) is 10.6. The zero-order valence-corrected chi connectivity index (χ0v) is 10.00. The normalized spacial score (nSPS) is 14.9. The van der Waals surface area contributed by atoms with Crippen LogP contribution in [0.25, 0.3) is 0 Å². The van der Waals surface area contributed by atoms with Crippen LogP contribution in [0.15, 0.2) is 43.0 Å². The van der Waals surface area contributed by atoms with Gasteiger partial charge in [-0.15, -0.1) is 0 Å². The van der Waals surface area contributed by atoms with Crippen molar-refractivity contribution in [3.8, 4) is 0 Å². The summed E-state index contributed by atoms with van der Waals surface area (Å²) in [7, 11) is 0. The van der Waals surface area contributed by atoms with Crippen molar-refractivity contribution >= 4 is 15.0 Å². The molecule has 1 heteroatoms. The van der Waals surface area contributed by atoms with Crippen molar-refractivity contribution in [2.75, 3.05) is 0 Å². The Bertz CT molecular complexity index is 266. The SMILES string of the molecule is C=CCC(C)([Se]C)c1ccccc1. The summed E-state index contributed by atoms with van der Waals surface area (Å²) in [6.07, 6.45) is 3.10. The van der Waals surface area contributed by atoms with Gasteiger partial charge in [-0.2, -0.15) is 0 Å². The second-order valence-corrected chi connectivity index (χ2v) is 6.04. The van der Waals surface area contributed by atoms with Crippen molar-refractivity contribution in [3.63, 3.8) is 0 Å². The van der Waals surface area contributed by atoms with Crippen LogP contribution in [0.1, 0.15) is 18.9 Å². The van der Waals surface area contributed by atoms with Crippen molar-refractivity contribution in [2.45, 2.75) is 23.5 Å². The summed E-state index contributed by atoms with van der Waals surface area (Å²) in [5, 5.41) is 0. The van der Waals surface area contributed by atoms with Crippen LogP contribution in [0.4, 0.5) is 0 Å². The van der Waals surface area contributed by atoms with E-state index in [0.29, 0.717) is 19.3 Å². The first-order valence-corrected chi connectivity index (χ1v) is 7.01. The molecule has 0 amide bonds. The molecule has 0 N–H and O–H groups in total. The molecule has 0 aliphatic rings. The first-order valence-electron chi connectivity index (χ1n) is 4.44. The third kappa shape index (κ3) is 2.46. The van der Waals surface area contributed by atoms with E-state index in [-0.39, 0.29) is 0 Å². The predicted octanol–water partition coefficient (Wildman–Crippen LogP) is 3.23. The fourth-order valence-electron chi connectivity index (χ4n) is 1.39. The molecule has 0 heterocycles. The summed E-state index contributed by atoms with van der Waals surface area (Å²) in [5.41, 5.74) is 1.44. The molecule has 1 unspecified atom stereocenters. The molecule has 1 atom stereocenters. The molecule has 0 aromatic heterocycles. The van der Waals surface area contributed by atoms with Gasteiger partial charge in [-0.1, -0.05) is 0 Å². The number of hydrogen-bond donors (Lipinski definition) is 0. The number of rotatable bonds is 4. The van der Waals surface area contributed by atoms with Gasteiger partial charge in [0.15, 0.2) is 0 Å². The van der Waals surface area contributed by atoms with E-state index in [1.54, 1.807) is 0 Å². The average molecular weight is 239 g/mol. The molecular formula is C12H16Se. The van der Waals surface area contributed by atoms with Crippen molar-refractivity contribution in [2.24, 2.45) is 0 Å². The molecule has 0 saturated heterocycles. The van der Waals surface area contributed by atoms with E-state index in [1.807, 2.05) is 6.08 Å². The third-order valence-electron chi connectivity index (χ3n) is 2.37. The Morgan fingerprint density at radius 3 is 2.46 bits per heavy atom. The molecule has 1 aromatic carbocycles. The van der Waals surface area contributed by atoms with Crippen LogP contribution in [-0.4, -0.2) is 15.0 Å². The van der Waals surface area contributed by atoms with Crippen LogP contribution >= 0.6 is 0 Å². The monoisotopic (exact) mass is 240 g/mol. The molecule has 0 aliphatic carbocycles. The Hall–Kier alpha value is -0.521. The predicted molar refractivity (Wildman–Crippen MR) is 60.2 cm³/mol. The maximum absolute atomic E-state index is 3.83. The quantitative estimate of drug-likeness (QED) is 0.559. The second-order valence-electron chi connectivity index (χ2n) is 3.29. The van der Waals surface area contributed by atoms with Crippen LogP contribution in [0.3, 0.4) is 0 Å². The standard InChI is InChI=1S/C12H16Se/c1-4-10-12(2,13-3)11-8-6-5-7-9-11/h4-9H,1,10H2,2-3H3. The van der Waals surface area contributed by atoms with Crippen molar-refractivity contribution in [1.82, 2.24) is 0 Å². The van der Waals surface area contributed by atoms with E-state index < -0.39 is 0 Å². The maximum atomic E-state index is 3.83. The minimum atomic E-state index is 0.329. The fourth-order valence-corrected chi connectivity index (χ4v) is 2.76. The molecule has 70 valence electrons. The molecule has 0 fully saturated rings. The molecule has 1 aromatic rings. The van der Waals surface area contributed by atoms with Crippen LogP contribution in [0.2, 0.25) is 5.82 Å². The van der Waals surface area contributed by atoms with Gasteiger partial charge in [0.25, 0.3) is 0 Å². The van der Waals surface area contributed by atoms with Crippen LogP contribution in [0.5, 0.6) is 0 Å². The van der Waals surface area contributed by atoms with Gasteiger partial charge < -0.3 is 0 Å². The van der Waals surface area contributed by atoms with E-state index in [4.69, 9.17) is 0 Å². The van der Waals surface area contributed by atoms with Gasteiger partial charge in [0, 0.05) is 0 Å². The van der Waals surface area contributed by atoms with Crippen LogP contribution in [0, 0.1) is 0 Å². The Morgan fingerprint density at radius 2 is 2.00 bits per heavy atom. The van der Waals surface area contributed by atoms with E-state index in [0.717, 1.165) is 6.42 Å². The van der Waals surface area contributed by atoms with Gasteiger partial charge in [-0.3, -0.25) is 0 Å². The zero-order chi connectivity index (χ0) is 9.73. The van der Waals surface area contributed by atoms with E-state index in [9.17, 15) is 0 Å². The van der Waals surface area contributed by atoms with Gasteiger partial charge in [0.1, 0.15) is 0 Å². The third-order valence-corrected chi connectivity index (χ3v) is 5.10. The van der Waals surface area contributed by atoms with Gasteiger partial charge >= 0.3 is 87.0 Å².